The van der Waals surface area contributed by atoms with Gasteiger partial charge >= 0.3 is 0 Å². The van der Waals surface area contributed by atoms with E-state index in [0.717, 1.165) is 45.0 Å². The summed E-state index contributed by atoms with van der Waals surface area (Å²) < 4.78 is 6.02. The van der Waals surface area contributed by atoms with Gasteiger partial charge in [0.1, 0.15) is 12.4 Å². The highest BCUT2D eigenvalue weighted by molar-refractivity contribution is 5.46. The van der Waals surface area contributed by atoms with Crippen LogP contribution in [0.15, 0.2) is 36.4 Å². The number of rotatable bonds is 7. The summed E-state index contributed by atoms with van der Waals surface area (Å²) in [5.41, 5.74) is 6.86. The molecule has 1 unspecified atom stereocenters. The number of hydrogen-bond acceptors (Lipinski definition) is 3. The lowest BCUT2D eigenvalue weighted by Crippen LogP contribution is -2.31. The Labute approximate surface area is 158 Å². The lowest BCUT2D eigenvalue weighted by molar-refractivity contribution is 0.222. The third-order valence-corrected chi connectivity index (χ3v) is 5.48. The molecule has 0 bridgehead atoms. The molecule has 0 aliphatic carbocycles. The Kier molecular flexibility index (Phi) is 6.33. The summed E-state index contributed by atoms with van der Waals surface area (Å²) in [5.74, 6) is 0.997. The van der Waals surface area contributed by atoms with Gasteiger partial charge in [-0.25, -0.2) is 0 Å². The molecule has 0 fully saturated rings. The highest BCUT2D eigenvalue weighted by Gasteiger charge is 2.23. The number of nitrogens with zero attached hydrogens (tertiary/aromatic N) is 1. The number of ether oxygens (including phenoxy) is 1. The van der Waals surface area contributed by atoms with Gasteiger partial charge in [0, 0.05) is 13.1 Å². The predicted molar refractivity (Wildman–Crippen MR) is 109 cm³/mol. The molecule has 0 saturated heterocycles. The molecule has 1 heterocycles. The van der Waals surface area contributed by atoms with E-state index in [2.05, 4.69) is 74.3 Å². The molecule has 0 radical (unpaired) electrons. The zero-order valence-corrected chi connectivity index (χ0v) is 16.6. The molecular formula is C23H32N2O. The van der Waals surface area contributed by atoms with Crippen LogP contribution in [0.3, 0.4) is 0 Å². The monoisotopic (exact) mass is 352 g/mol. The first-order valence-electron chi connectivity index (χ1n) is 9.90. The van der Waals surface area contributed by atoms with Crippen LogP contribution in [0.25, 0.3) is 0 Å². The van der Waals surface area contributed by atoms with Crippen molar-refractivity contribution in [1.29, 1.82) is 0 Å². The summed E-state index contributed by atoms with van der Waals surface area (Å²) in [6.45, 7) is 13.7. The summed E-state index contributed by atoms with van der Waals surface area (Å²) in [6.07, 6.45) is 1.06. The van der Waals surface area contributed by atoms with Gasteiger partial charge < -0.3 is 15.0 Å². The van der Waals surface area contributed by atoms with E-state index in [-0.39, 0.29) is 6.04 Å². The van der Waals surface area contributed by atoms with Crippen LogP contribution in [0.1, 0.15) is 47.7 Å². The second kappa shape index (κ2) is 8.70. The summed E-state index contributed by atoms with van der Waals surface area (Å²) in [5, 5.41) is 3.70. The highest BCUT2D eigenvalue weighted by atomic mass is 16.5. The number of fused-ring (bicyclic) bond motifs is 1. The minimum atomic E-state index is 0.282. The van der Waals surface area contributed by atoms with E-state index in [4.69, 9.17) is 4.74 Å². The van der Waals surface area contributed by atoms with Crippen molar-refractivity contribution in [3.8, 4) is 5.75 Å². The van der Waals surface area contributed by atoms with Crippen LogP contribution in [-0.4, -0.2) is 37.7 Å². The first kappa shape index (κ1) is 18.9. The normalized spacial score (nSPS) is 16.6. The molecule has 0 amide bonds. The van der Waals surface area contributed by atoms with E-state index in [9.17, 15) is 0 Å². The van der Waals surface area contributed by atoms with Crippen LogP contribution in [0.2, 0.25) is 0 Å². The molecule has 3 heteroatoms. The van der Waals surface area contributed by atoms with Crippen molar-refractivity contribution in [2.45, 2.75) is 40.2 Å². The Morgan fingerprint density at radius 2 is 1.81 bits per heavy atom. The fraction of sp³-hybridized carbons (Fsp3) is 0.478. The van der Waals surface area contributed by atoms with E-state index in [1.165, 1.54) is 27.8 Å². The lowest BCUT2D eigenvalue weighted by atomic mass is 9.87. The van der Waals surface area contributed by atoms with E-state index in [0.29, 0.717) is 0 Å². The molecule has 1 atom stereocenters. The second-order valence-corrected chi connectivity index (χ2v) is 7.23. The molecule has 26 heavy (non-hydrogen) atoms. The van der Waals surface area contributed by atoms with Crippen molar-refractivity contribution in [3.05, 3.63) is 64.2 Å². The Morgan fingerprint density at radius 1 is 1.04 bits per heavy atom. The fourth-order valence-corrected chi connectivity index (χ4v) is 3.89. The van der Waals surface area contributed by atoms with Crippen LogP contribution in [0.5, 0.6) is 5.75 Å². The van der Waals surface area contributed by atoms with Crippen molar-refractivity contribution >= 4 is 0 Å². The van der Waals surface area contributed by atoms with Crippen molar-refractivity contribution in [3.63, 3.8) is 0 Å². The maximum atomic E-state index is 6.02. The SMILES string of the molecule is CCN(CC)CCOc1ccc2c(c1)CCNC2c1ccc(C)cc1C. The van der Waals surface area contributed by atoms with Crippen molar-refractivity contribution in [1.82, 2.24) is 10.2 Å². The van der Waals surface area contributed by atoms with Gasteiger partial charge in [0.15, 0.2) is 0 Å². The Morgan fingerprint density at radius 3 is 2.54 bits per heavy atom. The van der Waals surface area contributed by atoms with E-state index in [1.54, 1.807) is 0 Å². The largest absolute Gasteiger partial charge is 0.492 e. The molecule has 2 aromatic rings. The van der Waals surface area contributed by atoms with Crippen molar-refractivity contribution in [2.24, 2.45) is 0 Å². The smallest absolute Gasteiger partial charge is 0.119 e. The Balaban J connectivity index is 1.75. The summed E-state index contributed by atoms with van der Waals surface area (Å²) in [4.78, 5) is 2.39. The van der Waals surface area contributed by atoms with Gasteiger partial charge in [-0.15, -0.1) is 0 Å². The molecule has 0 spiro atoms. The van der Waals surface area contributed by atoms with Gasteiger partial charge in [0.2, 0.25) is 0 Å². The van der Waals surface area contributed by atoms with Crippen LogP contribution in [-0.2, 0) is 6.42 Å². The number of benzene rings is 2. The van der Waals surface area contributed by atoms with Crippen molar-refractivity contribution in [2.75, 3.05) is 32.8 Å². The minimum absolute atomic E-state index is 0.282. The van der Waals surface area contributed by atoms with Gasteiger partial charge in [-0.05, 0) is 67.7 Å². The second-order valence-electron chi connectivity index (χ2n) is 7.23. The van der Waals surface area contributed by atoms with Gasteiger partial charge in [-0.1, -0.05) is 43.7 Å². The van der Waals surface area contributed by atoms with E-state index < -0.39 is 0 Å². The molecule has 1 aliphatic rings. The zero-order chi connectivity index (χ0) is 18.5. The lowest BCUT2D eigenvalue weighted by Gasteiger charge is -2.29. The maximum absolute atomic E-state index is 6.02. The Bertz CT molecular complexity index is 737. The summed E-state index contributed by atoms with van der Waals surface area (Å²) in [7, 11) is 0. The number of aryl methyl sites for hydroxylation is 2. The van der Waals surface area contributed by atoms with Gasteiger partial charge in [0.05, 0.1) is 6.04 Å². The summed E-state index contributed by atoms with van der Waals surface area (Å²) in [6, 6.07) is 13.7. The molecule has 2 aromatic carbocycles. The molecule has 3 rings (SSSR count). The molecule has 0 aromatic heterocycles. The molecule has 0 saturated carbocycles. The standard InChI is InChI=1S/C23H32N2O/c1-5-25(6-2)13-14-26-20-8-10-22-19(16-20)11-12-24-23(22)21-9-7-17(3)15-18(21)4/h7-10,15-16,23-24H,5-6,11-14H2,1-4H3. The van der Waals surface area contributed by atoms with Crippen LogP contribution in [0.4, 0.5) is 0 Å². The van der Waals surface area contributed by atoms with Gasteiger partial charge in [0.25, 0.3) is 0 Å². The third kappa shape index (κ3) is 4.28. The van der Waals surface area contributed by atoms with Gasteiger partial charge in [-0.2, -0.15) is 0 Å². The third-order valence-electron chi connectivity index (χ3n) is 5.48. The topological polar surface area (TPSA) is 24.5 Å². The maximum Gasteiger partial charge on any atom is 0.119 e. The molecular weight excluding hydrogens is 320 g/mol. The number of hydrogen-bond donors (Lipinski definition) is 1. The molecule has 1 N–H and O–H groups in total. The number of likely N-dealkylation sites (N-methyl/N-ethyl adjacent to an activating group) is 1. The average Bonchev–Trinajstić information content (AvgIpc) is 2.65. The first-order chi connectivity index (χ1) is 12.6. The van der Waals surface area contributed by atoms with Crippen LogP contribution in [0, 0.1) is 13.8 Å². The Hall–Kier alpha value is -1.84. The molecule has 1 aliphatic heterocycles. The van der Waals surface area contributed by atoms with Crippen molar-refractivity contribution < 1.29 is 4.74 Å². The van der Waals surface area contributed by atoms with Crippen LogP contribution < -0.4 is 10.1 Å². The van der Waals surface area contributed by atoms with E-state index >= 15 is 0 Å². The first-order valence-corrected chi connectivity index (χ1v) is 9.90. The molecule has 140 valence electrons. The highest BCUT2D eigenvalue weighted by Crippen LogP contribution is 2.32. The zero-order valence-electron chi connectivity index (χ0n) is 16.6. The number of nitrogens with one attached hydrogen (secondary N) is 1. The summed E-state index contributed by atoms with van der Waals surface area (Å²) >= 11 is 0. The fourth-order valence-electron chi connectivity index (χ4n) is 3.89. The van der Waals surface area contributed by atoms with Crippen LogP contribution >= 0.6 is 0 Å². The van der Waals surface area contributed by atoms with E-state index in [1.807, 2.05) is 0 Å². The minimum Gasteiger partial charge on any atom is -0.492 e. The quantitative estimate of drug-likeness (QED) is 0.806. The predicted octanol–water partition coefficient (Wildman–Crippen LogP) is 4.26. The van der Waals surface area contributed by atoms with Gasteiger partial charge in [-0.3, -0.25) is 0 Å². The average molecular weight is 353 g/mol. The molecule has 3 nitrogen and oxygen atoms in total.